The maximum absolute atomic E-state index is 12.5. The van der Waals surface area contributed by atoms with Crippen LogP contribution in [0.5, 0.6) is 0 Å². The van der Waals surface area contributed by atoms with Gasteiger partial charge in [0.05, 0.1) is 17.6 Å². The lowest BCUT2D eigenvalue weighted by molar-refractivity contribution is 0.102. The second-order valence-corrected chi connectivity index (χ2v) is 6.60. The lowest BCUT2D eigenvalue weighted by Crippen LogP contribution is -2.17. The number of carbonyl (C=O) groups is 1. The molecule has 0 fully saturated rings. The van der Waals surface area contributed by atoms with Gasteiger partial charge in [0.2, 0.25) is 0 Å². The van der Waals surface area contributed by atoms with E-state index in [0.717, 1.165) is 17.1 Å². The largest absolute Gasteiger partial charge is 0.397 e. The number of carbonyl (C=O) groups excluding carboxylic acids is 1. The van der Waals surface area contributed by atoms with Gasteiger partial charge in [-0.2, -0.15) is 5.10 Å². The molecule has 4 N–H and O–H groups in total. The summed E-state index contributed by atoms with van der Waals surface area (Å²) in [5, 5.41) is 9.93. The van der Waals surface area contributed by atoms with Crippen LogP contribution in [0.2, 0.25) is 0 Å². The fourth-order valence-corrected chi connectivity index (χ4v) is 3.07. The summed E-state index contributed by atoms with van der Waals surface area (Å²) in [7, 11) is 0. The van der Waals surface area contributed by atoms with Gasteiger partial charge in [-0.3, -0.25) is 9.89 Å². The first-order valence-corrected chi connectivity index (χ1v) is 9.27. The molecule has 0 aliphatic rings. The highest BCUT2D eigenvalue weighted by Gasteiger charge is 2.12. The summed E-state index contributed by atoms with van der Waals surface area (Å²) >= 11 is 0. The maximum atomic E-state index is 12.5. The monoisotopic (exact) mass is 383 g/mol. The third-order valence-corrected chi connectivity index (χ3v) is 4.61. The predicted molar refractivity (Wildman–Crippen MR) is 116 cm³/mol. The Hall–Kier alpha value is -4.06. The summed E-state index contributed by atoms with van der Waals surface area (Å²) in [4.78, 5) is 14.6. The van der Waals surface area contributed by atoms with Crippen molar-refractivity contribution < 1.29 is 4.79 Å². The van der Waals surface area contributed by atoms with Gasteiger partial charge in [0.1, 0.15) is 5.82 Å². The molecule has 1 heterocycles. The molecule has 0 aliphatic carbocycles. The summed E-state index contributed by atoms with van der Waals surface area (Å²) < 4.78 is 0. The van der Waals surface area contributed by atoms with Crippen molar-refractivity contribution >= 4 is 28.8 Å². The first-order valence-electron chi connectivity index (χ1n) is 9.27. The number of benzene rings is 3. The SMILES string of the molecule is Nc1ccccc1NC(=O)c1ccc(CN(c2ccccc2)c2ccn[nH]2)cc1. The number of nitrogens with one attached hydrogen (secondary N) is 2. The molecule has 0 aliphatic heterocycles. The van der Waals surface area contributed by atoms with E-state index in [0.29, 0.717) is 23.5 Å². The number of hydrogen-bond acceptors (Lipinski definition) is 4. The highest BCUT2D eigenvalue weighted by atomic mass is 16.1. The summed E-state index contributed by atoms with van der Waals surface area (Å²) in [6, 6.07) is 26.8. The molecule has 0 bridgehead atoms. The molecular formula is C23H21N5O. The predicted octanol–water partition coefficient (Wildman–Crippen LogP) is 4.58. The Balaban J connectivity index is 1.51. The number of aromatic nitrogens is 2. The minimum Gasteiger partial charge on any atom is -0.397 e. The molecule has 4 aromatic rings. The van der Waals surface area contributed by atoms with Crippen LogP contribution in [0.15, 0.2) is 91.1 Å². The highest BCUT2D eigenvalue weighted by Crippen LogP contribution is 2.25. The van der Waals surface area contributed by atoms with Gasteiger partial charge in [-0.1, -0.05) is 42.5 Å². The van der Waals surface area contributed by atoms with Crippen LogP contribution in [-0.2, 0) is 6.54 Å². The topological polar surface area (TPSA) is 87.0 Å². The average Bonchev–Trinajstić information content (AvgIpc) is 3.29. The Kier molecular flexibility index (Phi) is 5.25. The van der Waals surface area contributed by atoms with Gasteiger partial charge in [0.25, 0.3) is 5.91 Å². The van der Waals surface area contributed by atoms with E-state index in [1.165, 1.54) is 0 Å². The number of para-hydroxylation sites is 3. The van der Waals surface area contributed by atoms with E-state index in [2.05, 4.69) is 20.4 Å². The van der Waals surface area contributed by atoms with Gasteiger partial charge in [0, 0.05) is 23.9 Å². The van der Waals surface area contributed by atoms with Gasteiger partial charge in [-0.05, 0) is 42.0 Å². The molecule has 3 aromatic carbocycles. The normalized spacial score (nSPS) is 10.5. The van der Waals surface area contributed by atoms with Crippen molar-refractivity contribution in [3.8, 4) is 0 Å². The minimum absolute atomic E-state index is 0.192. The Labute approximate surface area is 169 Å². The number of hydrogen-bond donors (Lipinski definition) is 3. The van der Waals surface area contributed by atoms with Crippen LogP contribution in [0.1, 0.15) is 15.9 Å². The van der Waals surface area contributed by atoms with E-state index >= 15 is 0 Å². The molecule has 0 atom stereocenters. The molecule has 29 heavy (non-hydrogen) atoms. The van der Waals surface area contributed by atoms with Crippen molar-refractivity contribution in [3.05, 3.63) is 102 Å². The summed E-state index contributed by atoms with van der Waals surface area (Å²) in [6.07, 6.45) is 1.73. The molecule has 0 radical (unpaired) electrons. The van der Waals surface area contributed by atoms with Crippen molar-refractivity contribution in [2.45, 2.75) is 6.54 Å². The van der Waals surface area contributed by atoms with Crippen LogP contribution in [0.4, 0.5) is 22.9 Å². The number of nitrogens with two attached hydrogens (primary N) is 1. The smallest absolute Gasteiger partial charge is 0.255 e. The van der Waals surface area contributed by atoms with Crippen LogP contribution in [0, 0.1) is 0 Å². The van der Waals surface area contributed by atoms with Crippen LogP contribution >= 0.6 is 0 Å². The van der Waals surface area contributed by atoms with E-state index in [4.69, 9.17) is 5.73 Å². The first-order chi connectivity index (χ1) is 14.2. The molecule has 0 unspecified atom stereocenters. The third-order valence-electron chi connectivity index (χ3n) is 4.61. The van der Waals surface area contributed by atoms with Gasteiger partial charge in [-0.25, -0.2) is 0 Å². The zero-order valence-corrected chi connectivity index (χ0v) is 15.7. The van der Waals surface area contributed by atoms with E-state index in [-0.39, 0.29) is 5.91 Å². The van der Waals surface area contributed by atoms with Crippen molar-refractivity contribution in [1.82, 2.24) is 10.2 Å². The van der Waals surface area contributed by atoms with E-state index in [1.54, 1.807) is 18.3 Å². The average molecular weight is 383 g/mol. The quantitative estimate of drug-likeness (QED) is 0.425. The summed E-state index contributed by atoms with van der Waals surface area (Å²) in [5.74, 6) is 0.709. The van der Waals surface area contributed by atoms with Crippen LogP contribution in [0.25, 0.3) is 0 Å². The van der Waals surface area contributed by atoms with E-state index in [9.17, 15) is 4.79 Å². The van der Waals surface area contributed by atoms with Crippen molar-refractivity contribution in [2.24, 2.45) is 0 Å². The van der Waals surface area contributed by atoms with Gasteiger partial charge >= 0.3 is 0 Å². The second-order valence-electron chi connectivity index (χ2n) is 6.60. The molecule has 0 saturated carbocycles. The molecule has 0 spiro atoms. The summed E-state index contributed by atoms with van der Waals surface area (Å²) in [5.41, 5.74) is 9.74. The number of nitrogens with zero attached hydrogens (tertiary/aromatic N) is 2. The first kappa shape index (κ1) is 18.3. The van der Waals surface area contributed by atoms with Crippen molar-refractivity contribution in [1.29, 1.82) is 0 Å². The minimum atomic E-state index is -0.192. The lowest BCUT2D eigenvalue weighted by Gasteiger charge is -2.23. The number of aromatic amines is 1. The summed E-state index contributed by atoms with van der Waals surface area (Å²) in [6.45, 7) is 0.639. The number of nitrogen functional groups attached to an aromatic ring is 1. The number of amides is 1. The van der Waals surface area contributed by atoms with E-state index < -0.39 is 0 Å². The molecule has 4 rings (SSSR count). The number of anilines is 4. The zero-order valence-electron chi connectivity index (χ0n) is 15.7. The van der Waals surface area contributed by atoms with Crippen LogP contribution in [-0.4, -0.2) is 16.1 Å². The molecular weight excluding hydrogens is 362 g/mol. The van der Waals surface area contributed by atoms with E-state index in [1.807, 2.05) is 72.8 Å². The Bertz CT molecular complexity index is 1080. The zero-order chi connectivity index (χ0) is 20.1. The maximum Gasteiger partial charge on any atom is 0.255 e. The van der Waals surface area contributed by atoms with Gasteiger partial charge < -0.3 is 16.0 Å². The number of H-pyrrole nitrogens is 1. The van der Waals surface area contributed by atoms with Gasteiger partial charge in [0.15, 0.2) is 0 Å². The van der Waals surface area contributed by atoms with Crippen molar-refractivity contribution in [3.63, 3.8) is 0 Å². The molecule has 1 amide bonds. The van der Waals surface area contributed by atoms with Crippen LogP contribution < -0.4 is 16.0 Å². The Morgan fingerprint density at radius 3 is 2.34 bits per heavy atom. The Morgan fingerprint density at radius 2 is 1.66 bits per heavy atom. The molecule has 144 valence electrons. The van der Waals surface area contributed by atoms with Gasteiger partial charge in [-0.15, -0.1) is 0 Å². The Morgan fingerprint density at radius 1 is 0.931 bits per heavy atom. The molecule has 6 heteroatoms. The second kappa shape index (κ2) is 8.31. The molecule has 6 nitrogen and oxygen atoms in total. The number of rotatable bonds is 6. The lowest BCUT2D eigenvalue weighted by atomic mass is 10.1. The highest BCUT2D eigenvalue weighted by molar-refractivity contribution is 6.05. The fraction of sp³-hybridized carbons (Fsp3) is 0.0435. The third kappa shape index (κ3) is 4.27. The standard InChI is InChI=1S/C23H21N5O/c24-20-8-4-5-9-21(20)26-23(29)18-12-10-17(11-13-18)16-28(22-14-15-25-27-22)19-6-2-1-3-7-19/h1-15H,16,24H2,(H,25,27)(H,26,29). The fourth-order valence-electron chi connectivity index (χ4n) is 3.07. The van der Waals surface area contributed by atoms with Crippen LogP contribution in [0.3, 0.4) is 0 Å². The molecule has 0 saturated heterocycles. The van der Waals surface area contributed by atoms with Crippen molar-refractivity contribution in [2.75, 3.05) is 16.0 Å². The molecule has 1 aromatic heterocycles.